The summed E-state index contributed by atoms with van der Waals surface area (Å²) in [5, 5.41) is 4.55. The number of carbonyl (C=O) groups is 2. The van der Waals surface area contributed by atoms with E-state index < -0.39 is 11.9 Å². The third-order valence-electron chi connectivity index (χ3n) is 4.82. The van der Waals surface area contributed by atoms with Crippen LogP contribution in [0.15, 0.2) is 83.5 Å². The number of esters is 1. The quantitative estimate of drug-likeness (QED) is 0.300. The molecule has 1 heterocycles. The summed E-state index contributed by atoms with van der Waals surface area (Å²) in [6.45, 7) is 0.352. The molecule has 3 aromatic carbocycles. The van der Waals surface area contributed by atoms with Crippen LogP contribution in [0.25, 0.3) is 6.08 Å². The lowest BCUT2D eigenvalue weighted by Gasteiger charge is -2.08. The third kappa shape index (κ3) is 4.71. The van der Waals surface area contributed by atoms with Gasteiger partial charge in [0.1, 0.15) is 18.1 Å². The number of halogens is 1. The van der Waals surface area contributed by atoms with E-state index >= 15 is 0 Å². The average Bonchev–Trinajstić information content (AvgIpc) is 3.19. The number of oxime groups is 1. The Hall–Kier alpha value is -3.90. The maximum absolute atomic E-state index is 12.2. The third-order valence-corrected chi connectivity index (χ3v) is 5.19. The van der Waals surface area contributed by atoms with Crippen molar-refractivity contribution in [3.63, 3.8) is 0 Å². The molecule has 0 radical (unpaired) electrons. The van der Waals surface area contributed by atoms with Gasteiger partial charge in [-0.25, -0.2) is 9.59 Å². The van der Waals surface area contributed by atoms with E-state index in [9.17, 15) is 9.59 Å². The molecule has 0 aliphatic carbocycles. The second kappa shape index (κ2) is 9.49. The fraction of sp³-hybridized carbons (Fsp3) is 0.0800. The highest BCUT2D eigenvalue weighted by atomic mass is 35.5. The van der Waals surface area contributed by atoms with E-state index in [2.05, 4.69) is 5.16 Å². The molecule has 0 unspecified atom stereocenters. The Bertz CT molecular complexity index is 1210. The lowest BCUT2D eigenvalue weighted by atomic mass is 9.99. The molecule has 0 spiro atoms. The van der Waals surface area contributed by atoms with Crippen LogP contribution in [0.2, 0.25) is 5.02 Å². The van der Waals surface area contributed by atoms with Gasteiger partial charge < -0.3 is 14.3 Å². The van der Waals surface area contributed by atoms with Gasteiger partial charge in [0.15, 0.2) is 0 Å². The van der Waals surface area contributed by atoms with Crippen molar-refractivity contribution in [3.05, 3.63) is 106 Å². The Kier molecular flexibility index (Phi) is 6.33. The zero-order valence-corrected chi connectivity index (χ0v) is 17.8. The molecule has 7 heteroatoms. The summed E-state index contributed by atoms with van der Waals surface area (Å²) in [5.74, 6) is -0.311. The van der Waals surface area contributed by atoms with E-state index in [0.29, 0.717) is 39.8 Å². The maximum Gasteiger partial charge on any atom is 0.368 e. The molecule has 0 amide bonds. The molecule has 0 saturated heterocycles. The summed E-state index contributed by atoms with van der Waals surface area (Å²) in [4.78, 5) is 28.7. The predicted octanol–water partition coefficient (Wildman–Crippen LogP) is 5.05. The van der Waals surface area contributed by atoms with E-state index in [1.54, 1.807) is 30.3 Å². The minimum absolute atomic E-state index is 0.320. The van der Waals surface area contributed by atoms with Crippen molar-refractivity contribution in [2.24, 2.45) is 5.16 Å². The van der Waals surface area contributed by atoms with E-state index in [4.69, 9.17) is 25.9 Å². The summed E-state index contributed by atoms with van der Waals surface area (Å²) in [6, 6.07) is 21.4. The lowest BCUT2D eigenvalue weighted by Crippen LogP contribution is -2.08. The van der Waals surface area contributed by atoms with Gasteiger partial charge in [0.25, 0.3) is 0 Å². The highest BCUT2D eigenvalue weighted by molar-refractivity contribution is 6.31. The predicted molar refractivity (Wildman–Crippen MR) is 121 cm³/mol. The number of carbonyl (C=O) groups excluding carboxylic acids is 2. The van der Waals surface area contributed by atoms with Crippen LogP contribution >= 0.6 is 11.6 Å². The topological polar surface area (TPSA) is 74.2 Å². The number of nitrogens with zero attached hydrogens (tertiary/aromatic N) is 1. The molecule has 1 aliphatic rings. The van der Waals surface area contributed by atoms with Crippen molar-refractivity contribution < 1.29 is 23.9 Å². The van der Waals surface area contributed by atoms with Crippen LogP contribution in [0.1, 0.15) is 27.0 Å². The molecule has 0 fully saturated rings. The molecule has 0 bridgehead atoms. The molecule has 0 aromatic heterocycles. The van der Waals surface area contributed by atoms with Gasteiger partial charge in [-0.3, -0.25) is 0 Å². The second-order valence-corrected chi connectivity index (χ2v) is 7.30. The highest BCUT2D eigenvalue weighted by Crippen LogP contribution is 2.23. The minimum atomic E-state index is -0.545. The molecule has 0 atom stereocenters. The number of ether oxygens (including phenoxy) is 2. The van der Waals surface area contributed by atoms with Gasteiger partial charge in [-0.05, 0) is 42.0 Å². The van der Waals surface area contributed by atoms with Crippen LogP contribution < -0.4 is 4.74 Å². The molecule has 1 aliphatic heterocycles. The molecule has 0 saturated carbocycles. The highest BCUT2D eigenvalue weighted by Gasteiger charge is 2.27. The Balaban J connectivity index is 1.49. The van der Waals surface area contributed by atoms with Crippen molar-refractivity contribution in [2.75, 3.05) is 7.11 Å². The standard InChI is InChI=1S/C25H18ClNO5/c1-30-24(28)18-10-8-17(9-11-18)23-21(25(29)32-27-23)14-16-6-12-20(13-7-16)31-15-19-4-2-3-5-22(19)26/h2-14H,15H2,1H3/b21-14-. The Morgan fingerprint density at radius 1 is 1.03 bits per heavy atom. The van der Waals surface area contributed by atoms with Crippen molar-refractivity contribution in [1.82, 2.24) is 0 Å². The van der Waals surface area contributed by atoms with Crippen molar-refractivity contribution in [2.45, 2.75) is 6.61 Å². The van der Waals surface area contributed by atoms with Gasteiger partial charge in [-0.15, -0.1) is 0 Å². The molecule has 4 rings (SSSR count). The Morgan fingerprint density at radius 3 is 2.44 bits per heavy atom. The van der Waals surface area contributed by atoms with E-state index in [1.807, 2.05) is 48.5 Å². The monoisotopic (exact) mass is 447 g/mol. The summed E-state index contributed by atoms with van der Waals surface area (Å²) in [6.07, 6.45) is 1.69. The Labute approximate surface area is 189 Å². The van der Waals surface area contributed by atoms with Crippen LogP contribution in [0.3, 0.4) is 0 Å². The van der Waals surface area contributed by atoms with Gasteiger partial charge in [0.2, 0.25) is 0 Å². The summed E-state index contributed by atoms with van der Waals surface area (Å²) >= 11 is 6.15. The Morgan fingerprint density at radius 2 is 1.75 bits per heavy atom. The maximum atomic E-state index is 12.2. The van der Waals surface area contributed by atoms with E-state index in [0.717, 1.165) is 11.1 Å². The van der Waals surface area contributed by atoms with Crippen molar-refractivity contribution >= 4 is 35.3 Å². The SMILES string of the molecule is COC(=O)c1ccc(C2=NOC(=O)/C2=C\c2ccc(OCc3ccccc3Cl)cc2)cc1. The normalized spacial score (nSPS) is 14.1. The summed E-state index contributed by atoms with van der Waals surface area (Å²) < 4.78 is 10.5. The molecular formula is C25H18ClNO5. The number of benzene rings is 3. The molecule has 0 N–H and O–H groups in total. The minimum Gasteiger partial charge on any atom is -0.489 e. The van der Waals surface area contributed by atoms with E-state index in [1.165, 1.54) is 7.11 Å². The molecule has 6 nitrogen and oxygen atoms in total. The molecule has 32 heavy (non-hydrogen) atoms. The average molecular weight is 448 g/mol. The van der Waals surface area contributed by atoms with Gasteiger partial charge in [-0.2, -0.15) is 0 Å². The van der Waals surface area contributed by atoms with Crippen LogP contribution in [0.4, 0.5) is 0 Å². The smallest absolute Gasteiger partial charge is 0.368 e. The lowest BCUT2D eigenvalue weighted by molar-refractivity contribution is -0.136. The van der Waals surface area contributed by atoms with Crippen LogP contribution in [0.5, 0.6) is 5.75 Å². The van der Waals surface area contributed by atoms with Gasteiger partial charge in [-0.1, -0.05) is 59.2 Å². The van der Waals surface area contributed by atoms with Crippen molar-refractivity contribution in [3.8, 4) is 5.75 Å². The molecule has 3 aromatic rings. The van der Waals surface area contributed by atoms with Gasteiger partial charge in [0.05, 0.1) is 18.2 Å². The molecule has 160 valence electrons. The first-order valence-corrected chi connectivity index (χ1v) is 10.1. The summed E-state index contributed by atoms with van der Waals surface area (Å²) in [7, 11) is 1.32. The fourth-order valence-electron chi connectivity index (χ4n) is 3.10. The first-order chi connectivity index (χ1) is 15.5. The summed E-state index contributed by atoms with van der Waals surface area (Å²) in [5.41, 5.74) is 3.44. The number of rotatable bonds is 6. The first kappa shape index (κ1) is 21.3. The van der Waals surface area contributed by atoms with E-state index in [-0.39, 0.29) is 0 Å². The second-order valence-electron chi connectivity index (χ2n) is 6.89. The zero-order valence-electron chi connectivity index (χ0n) is 17.1. The molecular weight excluding hydrogens is 430 g/mol. The number of hydrogen-bond acceptors (Lipinski definition) is 6. The number of hydrogen-bond donors (Lipinski definition) is 0. The van der Waals surface area contributed by atoms with Crippen LogP contribution in [-0.4, -0.2) is 24.8 Å². The van der Waals surface area contributed by atoms with Crippen molar-refractivity contribution in [1.29, 1.82) is 0 Å². The van der Waals surface area contributed by atoms with Crippen LogP contribution in [0, 0.1) is 0 Å². The first-order valence-electron chi connectivity index (χ1n) is 9.71. The fourth-order valence-corrected chi connectivity index (χ4v) is 3.29. The largest absolute Gasteiger partial charge is 0.489 e. The number of methoxy groups -OCH3 is 1. The zero-order chi connectivity index (χ0) is 22.5. The van der Waals surface area contributed by atoms with Crippen LogP contribution in [-0.2, 0) is 21.0 Å². The van der Waals surface area contributed by atoms with Gasteiger partial charge in [0, 0.05) is 16.1 Å². The van der Waals surface area contributed by atoms with Gasteiger partial charge >= 0.3 is 11.9 Å².